The predicted octanol–water partition coefficient (Wildman–Crippen LogP) is 8.05. The van der Waals surface area contributed by atoms with Crippen molar-refractivity contribution in [1.29, 1.82) is 5.26 Å². The first-order chi connectivity index (χ1) is 22.9. The number of carbonyl (C=O) groups excluding carboxylic acids is 1. The first-order valence-electron chi connectivity index (χ1n) is 18.1. The average Bonchev–Trinajstić information content (AvgIpc) is 3.43. The zero-order valence-electron chi connectivity index (χ0n) is 32.0. The van der Waals surface area contributed by atoms with Crippen LogP contribution in [0.3, 0.4) is 0 Å². The number of nitriles is 1. The Morgan fingerprint density at radius 2 is 1.76 bits per heavy atom. The van der Waals surface area contributed by atoms with Crippen molar-refractivity contribution in [2.45, 2.75) is 111 Å². The maximum atomic E-state index is 13.7. The SMILES string of the molecule is CC1(C)CC=C(c2cc(CN3CCN(CCO[Si](C)(C)C(C)(C)C)CC3)ccc2NC(=O)c2nc(C#N)cn2COCC[Si](C)(C)C)CC1. The number of hydrogen-bond donors (Lipinski definition) is 1. The number of imidazole rings is 1. The molecule has 0 radical (unpaired) electrons. The van der Waals surface area contributed by atoms with E-state index in [2.05, 4.69) is 112 Å². The van der Waals surface area contributed by atoms with E-state index in [9.17, 15) is 10.1 Å². The Kier molecular flexibility index (Phi) is 12.9. The third-order valence-corrected chi connectivity index (χ3v) is 16.8. The molecule has 11 heteroatoms. The summed E-state index contributed by atoms with van der Waals surface area (Å²) in [4.78, 5) is 23.1. The molecule has 1 saturated heterocycles. The molecule has 1 fully saturated rings. The Morgan fingerprint density at radius 3 is 2.37 bits per heavy atom. The monoisotopic (exact) mass is 706 g/mol. The van der Waals surface area contributed by atoms with Gasteiger partial charge in [-0.15, -0.1) is 0 Å². The molecule has 0 bridgehead atoms. The van der Waals surface area contributed by atoms with Gasteiger partial charge in [0.15, 0.2) is 14.0 Å². The lowest BCUT2D eigenvalue weighted by atomic mass is 9.76. The van der Waals surface area contributed by atoms with E-state index < -0.39 is 16.4 Å². The molecule has 0 saturated carbocycles. The molecule has 1 aromatic heterocycles. The summed E-state index contributed by atoms with van der Waals surface area (Å²) in [5.74, 6) is -0.152. The van der Waals surface area contributed by atoms with Crippen LogP contribution in [0, 0.1) is 16.7 Å². The molecule has 4 rings (SSSR count). The highest BCUT2D eigenvalue weighted by Crippen LogP contribution is 2.40. The summed E-state index contributed by atoms with van der Waals surface area (Å²) < 4.78 is 14.0. The highest BCUT2D eigenvalue weighted by Gasteiger charge is 2.37. The Labute approximate surface area is 298 Å². The van der Waals surface area contributed by atoms with E-state index in [1.54, 1.807) is 10.8 Å². The number of nitrogens with zero attached hydrogens (tertiary/aromatic N) is 5. The summed E-state index contributed by atoms with van der Waals surface area (Å²) in [5, 5.41) is 12.9. The van der Waals surface area contributed by atoms with Gasteiger partial charge >= 0.3 is 0 Å². The van der Waals surface area contributed by atoms with Crippen LogP contribution in [0.25, 0.3) is 5.57 Å². The highest BCUT2D eigenvalue weighted by atomic mass is 28.4. The third kappa shape index (κ3) is 11.5. The summed E-state index contributed by atoms with van der Waals surface area (Å²) in [6, 6.07) is 9.55. The maximum absolute atomic E-state index is 13.7. The van der Waals surface area contributed by atoms with Gasteiger partial charge in [-0.05, 0) is 72.1 Å². The van der Waals surface area contributed by atoms with Crippen molar-refractivity contribution in [2.24, 2.45) is 5.41 Å². The molecule has 49 heavy (non-hydrogen) atoms. The predicted molar refractivity (Wildman–Crippen MR) is 206 cm³/mol. The lowest BCUT2D eigenvalue weighted by Crippen LogP contribution is -2.48. The van der Waals surface area contributed by atoms with Gasteiger partial charge in [-0.2, -0.15) is 5.26 Å². The molecule has 1 aromatic carbocycles. The maximum Gasteiger partial charge on any atom is 0.291 e. The van der Waals surface area contributed by atoms with Gasteiger partial charge in [0, 0.05) is 78.0 Å². The zero-order valence-corrected chi connectivity index (χ0v) is 34.0. The molecular weight excluding hydrogens is 645 g/mol. The Bertz CT molecular complexity index is 1500. The number of allylic oxidation sites excluding steroid dienone is 2. The summed E-state index contributed by atoms with van der Waals surface area (Å²) in [7, 11) is -2.97. The zero-order chi connectivity index (χ0) is 36.0. The van der Waals surface area contributed by atoms with Crippen molar-refractivity contribution in [2.75, 3.05) is 51.3 Å². The van der Waals surface area contributed by atoms with Gasteiger partial charge in [-0.25, -0.2) is 4.98 Å². The van der Waals surface area contributed by atoms with Crippen LogP contribution in [0.15, 0.2) is 30.5 Å². The van der Waals surface area contributed by atoms with E-state index in [0.717, 1.165) is 82.4 Å². The second-order valence-corrected chi connectivity index (χ2v) is 28.0. The molecule has 1 N–H and O–H groups in total. The number of nitrogens with one attached hydrogen (secondary N) is 1. The number of hydrogen-bond acceptors (Lipinski definition) is 7. The van der Waals surface area contributed by atoms with Gasteiger partial charge in [0.25, 0.3) is 5.91 Å². The molecule has 1 amide bonds. The van der Waals surface area contributed by atoms with Crippen molar-refractivity contribution in [3.63, 3.8) is 0 Å². The van der Waals surface area contributed by atoms with E-state index in [0.29, 0.717) is 6.61 Å². The molecule has 2 heterocycles. The molecule has 0 unspecified atom stereocenters. The molecule has 0 atom stereocenters. The highest BCUT2D eigenvalue weighted by molar-refractivity contribution is 6.76. The fraction of sp³-hybridized carbons (Fsp3) is 0.658. The number of piperazine rings is 1. The van der Waals surface area contributed by atoms with E-state index in [4.69, 9.17) is 9.16 Å². The van der Waals surface area contributed by atoms with Crippen LogP contribution >= 0.6 is 0 Å². The molecule has 0 spiro atoms. The topological polar surface area (TPSA) is 95.7 Å². The lowest BCUT2D eigenvalue weighted by molar-refractivity contribution is 0.0808. The molecule has 1 aliphatic carbocycles. The number of benzene rings is 1. The first kappa shape index (κ1) is 39.2. The second-order valence-electron chi connectivity index (χ2n) is 17.5. The van der Waals surface area contributed by atoms with Gasteiger partial charge < -0.3 is 19.0 Å². The van der Waals surface area contributed by atoms with Crippen LogP contribution in [0.2, 0.25) is 43.8 Å². The summed E-state index contributed by atoms with van der Waals surface area (Å²) >= 11 is 0. The Balaban J connectivity index is 1.44. The molecule has 2 aliphatic rings. The van der Waals surface area contributed by atoms with E-state index in [-0.39, 0.29) is 34.6 Å². The quantitative estimate of drug-likeness (QED) is 0.157. The minimum Gasteiger partial charge on any atom is -0.416 e. The number of aromatic nitrogens is 2. The van der Waals surface area contributed by atoms with Crippen molar-refractivity contribution in [1.82, 2.24) is 19.4 Å². The van der Waals surface area contributed by atoms with Crippen molar-refractivity contribution in [3.8, 4) is 6.07 Å². The number of amides is 1. The average molecular weight is 707 g/mol. The molecule has 2 aromatic rings. The number of ether oxygens (including phenoxy) is 1. The van der Waals surface area contributed by atoms with E-state index in [1.807, 2.05) is 6.07 Å². The normalized spacial score (nSPS) is 17.9. The molecule has 270 valence electrons. The summed E-state index contributed by atoms with van der Waals surface area (Å²) in [6.45, 7) is 30.7. The second kappa shape index (κ2) is 16.2. The standard InChI is InChI=1S/C38H62N6O3Si2/c1-37(2,3)49(9,10)47-22-21-42-17-19-43(20-18-42)27-30-11-12-34(33(25-30)31-13-15-38(4,5)16-14-31)41-36(45)35-40-32(26-39)28-44(35)29-46-23-24-48(6,7)8/h11-13,25,28H,14-24,27,29H2,1-10H3,(H,41,45). The van der Waals surface area contributed by atoms with Gasteiger partial charge in [-0.1, -0.05) is 66.4 Å². The lowest BCUT2D eigenvalue weighted by Gasteiger charge is -2.38. The van der Waals surface area contributed by atoms with Crippen LogP contribution in [0.4, 0.5) is 5.69 Å². The van der Waals surface area contributed by atoms with Gasteiger partial charge in [-0.3, -0.25) is 14.6 Å². The van der Waals surface area contributed by atoms with Crippen LogP contribution in [0.1, 0.15) is 81.3 Å². The Hall–Kier alpha value is -2.60. The van der Waals surface area contributed by atoms with E-state index >= 15 is 0 Å². The minimum absolute atomic E-state index is 0.185. The number of anilines is 1. The van der Waals surface area contributed by atoms with Crippen molar-refractivity contribution in [3.05, 3.63) is 53.1 Å². The van der Waals surface area contributed by atoms with Gasteiger partial charge in [0.1, 0.15) is 12.8 Å². The van der Waals surface area contributed by atoms with Crippen LogP contribution in [-0.2, 0) is 22.4 Å². The third-order valence-electron chi connectivity index (χ3n) is 10.5. The van der Waals surface area contributed by atoms with Gasteiger partial charge in [0.05, 0.1) is 0 Å². The van der Waals surface area contributed by atoms with E-state index in [1.165, 1.54) is 11.1 Å². The van der Waals surface area contributed by atoms with Crippen LogP contribution < -0.4 is 5.32 Å². The fourth-order valence-corrected chi connectivity index (χ4v) is 7.72. The molecule has 9 nitrogen and oxygen atoms in total. The fourth-order valence-electron chi connectivity index (χ4n) is 5.93. The van der Waals surface area contributed by atoms with Crippen LogP contribution in [-0.4, -0.2) is 87.6 Å². The molecular formula is C38H62N6O3Si2. The molecule has 1 aliphatic heterocycles. The summed E-state index contributed by atoms with van der Waals surface area (Å²) in [5.41, 5.74) is 4.85. The van der Waals surface area contributed by atoms with Crippen molar-refractivity contribution < 1.29 is 14.0 Å². The number of rotatable bonds is 14. The van der Waals surface area contributed by atoms with Gasteiger partial charge in [0.2, 0.25) is 5.82 Å². The van der Waals surface area contributed by atoms with Crippen molar-refractivity contribution >= 4 is 33.6 Å². The largest absolute Gasteiger partial charge is 0.416 e. The summed E-state index contributed by atoms with van der Waals surface area (Å²) in [6.07, 6.45) is 7.02. The number of carbonyl (C=O) groups is 1. The smallest absolute Gasteiger partial charge is 0.291 e. The minimum atomic E-state index is -1.72. The Morgan fingerprint density at radius 1 is 1.06 bits per heavy atom. The van der Waals surface area contributed by atoms with Crippen LogP contribution in [0.5, 0.6) is 0 Å². The first-order valence-corrected chi connectivity index (χ1v) is 24.7.